The van der Waals surface area contributed by atoms with E-state index in [9.17, 15) is 4.79 Å². The first-order valence-electron chi connectivity index (χ1n) is 6.23. The van der Waals surface area contributed by atoms with Crippen molar-refractivity contribution in [1.82, 2.24) is 5.32 Å². The molecule has 0 aromatic heterocycles. The number of carboxylic acid groups (broad SMARTS) is 1. The Kier molecular flexibility index (Phi) is 6.36. The van der Waals surface area contributed by atoms with Crippen molar-refractivity contribution >= 4 is 21.9 Å². The number of aryl methyl sites for hydroxylation is 1. The van der Waals surface area contributed by atoms with Crippen LogP contribution >= 0.6 is 15.9 Å². The maximum absolute atomic E-state index is 10.8. The first-order valence-corrected chi connectivity index (χ1v) is 7.02. The number of halogens is 1. The normalized spacial score (nSPS) is 12.4. The van der Waals surface area contributed by atoms with Crippen molar-refractivity contribution in [3.05, 3.63) is 33.8 Å². The van der Waals surface area contributed by atoms with Gasteiger partial charge in [0.15, 0.2) is 0 Å². The summed E-state index contributed by atoms with van der Waals surface area (Å²) in [4.78, 5) is 10.8. The highest BCUT2D eigenvalue weighted by Crippen LogP contribution is 2.16. The molecule has 0 fully saturated rings. The summed E-state index contributed by atoms with van der Waals surface area (Å²) in [5, 5.41) is 12.1. The summed E-state index contributed by atoms with van der Waals surface area (Å²) in [6.45, 7) is 5.34. The molecule has 4 heteroatoms. The largest absolute Gasteiger partial charge is 0.481 e. The molecule has 1 aromatic carbocycles. The molecule has 0 bridgehead atoms. The van der Waals surface area contributed by atoms with E-state index in [0.717, 1.165) is 17.4 Å². The number of carbonyl (C=O) groups is 1. The molecule has 0 spiro atoms. The van der Waals surface area contributed by atoms with E-state index in [4.69, 9.17) is 5.11 Å². The molecule has 0 saturated carbocycles. The summed E-state index contributed by atoms with van der Waals surface area (Å²) in [6, 6.07) is 6.24. The SMILES string of the molecule is CCC(CNCCc1cc(Br)ccc1C)C(=O)O. The molecule has 1 atom stereocenters. The summed E-state index contributed by atoms with van der Waals surface area (Å²) in [7, 11) is 0. The van der Waals surface area contributed by atoms with Gasteiger partial charge in [0.05, 0.1) is 5.92 Å². The lowest BCUT2D eigenvalue weighted by molar-refractivity contribution is -0.141. The van der Waals surface area contributed by atoms with Crippen LogP contribution in [0, 0.1) is 12.8 Å². The standard InChI is InChI=1S/C14H20BrNO2/c1-3-11(14(17)18)9-16-7-6-12-8-13(15)5-4-10(12)2/h4-5,8,11,16H,3,6-7,9H2,1-2H3,(H,17,18). The van der Waals surface area contributed by atoms with Gasteiger partial charge in [0, 0.05) is 11.0 Å². The van der Waals surface area contributed by atoms with Crippen LogP contribution in [0.5, 0.6) is 0 Å². The van der Waals surface area contributed by atoms with E-state index < -0.39 is 5.97 Å². The smallest absolute Gasteiger partial charge is 0.307 e. The molecule has 1 aromatic rings. The fourth-order valence-electron chi connectivity index (χ4n) is 1.81. The number of carboxylic acids is 1. The van der Waals surface area contributed by atoms with Crippen LogP contribution in [0.4, 0.5) is 0 Å². The molecule has 0 amide bonds. The Balaban J connectivity index is 2.37. The zero-order valence-corrected chi connectivity index (χ0v) is 12.5. The number of aliphatic carboxylic acids is 1. The van der Waals surface area contributed by atoms with Gasteiger partial charge in [-0.3, -0.25) is 4.79 Å². The van der Waals surface area contributed by atoms with Crippen molar-refractivity contribution in [1.29, 1.82) is 0 Å². The van der Waals surface area contributed by atoms with Crippen LogP contribution in [0.15, 0.2) is 22.7 Å². The molecular formula is C14H20BrNO2. The highest BCUT2D eigenvalue weighted by Gasteiger charge is 2.13. The van der Waals surface area contributed by atoms with Crippen LogP contribution in [0.1, 0.15) is 24.5 Å². The molecule has 3 nitrogen and oxygen atoms in total. The molecule has 0 aliphatic carbocycles. The number of rotatable bonds is 7. The van der Waals surface area contributed by atoms with Gasteiger partial charge in [-0.15, -0.1) is 0 Å². The van der Waals surface area contributed by atoms with Gasteiger partial charge in [-0.2, -0.15) is 0 Å². The van der Waals surface area contributed by atoms with Crippen LogP contribution in [0.25, 0.3) is 0 Å². The second-order valence-electron chi connectivity index (χ2n) is 4.47. The molecule has 1 unspecified atom stereocenters. The van der Waals surface area contributed by atoms with Gasteiger partial charge in [0.2, 0.25) is 0 Å². The Morgan fingerprint density at radius 3 is 2.83 bits per heavy atom. The van der Waals surface area contributed by atoms with E-state index in [1.807, 2.05) is 13.0 Å². The van der Waals surface area contributed by atoms with Gasteiger partial charge < -0.3 is 10.4 Å². The topological polar surface area (TPSA) is 49.3 Å². The quantitative estimate of drug-likeness (QED) is 0.761. The minimum Gasteiger partial charge on any atom is -0.481 e. The maximum Gasteiger partial charge on any atom is 0.307 e. The third-order valence-corrected chi connectivity index (χ3v) is 3.61. The number of hydrogen-bond acceptors (Lipinski definition) is 2. The summed E-state index contributed by atoms with van der Waals surface area (Å²) in [6.07, 6.45) is 1.58. The highest BCUT2D eigenvalue weighted by molar-refractivity contribution is 9.10. The third-order valence-electron chi connectivity index (χ3n) is 3.12. The number of nitrogens with one attached hydrogen (secondary N) is 1. The minimum absolute atomic E-state index is 0.284. The predicted molar refractivity (Wildman–Crippen MR) is 76.9 cm³/mol. The van der Waals surface area contributed by atoms with Crippen LogP contribution in [-0.4, -0.2) is 24.2 Å². The maximum atomic E-state index is 10.8. The molecule has 2 N–H and O–H groups in total. The van der Waals surface area contributed by atoms with Crippen molar-refractivity contribution in [3.63, 3.8) is 0 Å². The van der Waals surface area contributed by atoms with E-state index in [2.05, 4.69) is 40.3 Å². The molecule has 0 radical (unpaired) electrons. The molecule has 1 rings (SSSR count). The van der Waals surface area contributed by atoms with Crippen LogP contribution in [0.3, 0.4) is 0 Å². The second-order valence-corrected chi connectivity index (χ2v) is 5.38. The Morgan fingerprint density at radius 2 is 2.22 bits per heavy atom. The molecule has 0 aliphatic heterocycles. The van der Waals surface area contributed by atoms with Gasteiger partial charge in [0.25, 0.3) is 0 Å². The third kappa shape index (κ3) is 4.78. The lowest BCUT2D eigenvalue weighted by Gasteiger charge is -2.12. The summed E-state index contributed by atoms with van der Waals surface area (Å²) in [5.41, 5.74) is 2.56. The fourth-order valence-corrected chi connectivity index (χ4v) is 2.22. The Hall–Kier alpha value is -0.870. The zero-order chi connectivity index (χ0) is 13.5. The molecule has 18 heavy (non-hydrogen) atoms. The monoisotopic (exact) mass is 313 g/mol. The first kappa shape index (κ1) is 15.2. The fraction of sp³-hybridized carbons (Fsp3) is 0.500. The van der Waals surface area contributed by atoms with Crippen molar-refractivity contribution in [2.45, 2.75) is 26.7 Å². The molecule has 0 aliphatic rings. The Bertz CT molecular complexity index is 407. The van der Waals surface area contributed by atoms with Crippen LogP contribution < -0.4 is 5.32 Å². The minimum atomic E-state index is -0.719. The van der Waals surface area contributed by atoms with Gasteiger partial charge in [-0.25, -0.2) is 0 Å². The first-order chi connectivity index (χ1) is 8.54. The molecule has 0 heterocycles. The van der Waals surface area contributed by atoms with Crippen LogP contribution in [0.2, 0.25) is 0 Å². The van der Waals surface area contributed by atoms with E-state index >= 15 is 0 Å². The molecule has 100 valence electrons. The average molecular weight is 314 g/mol. The van der Waals surface area contributed by atoms with Crippen molar-refractivity contribution in [2.24, 2.45) is 5.92 Å². The van der Waals surface area contributed by atoms with Crippen molar-refractivity contribution < 1.29 is 9.90 Å². The van der Waals surface area contributed by atoms with Crippen molar-refractivity contribution in [2.75, 3.05) is 13.1 Å². The van der Waals surface area contributed by atoms with Gasteiger partial charge >= 0.3 is 5.97 Å². The highest BCUT2D eigenvalue weighted by atomic mass is 79.9. The second kappa shape index (κ2) is 7.54. The number of benzene rings is 1. The Morgan fingerprint density at radius 1 is 1.50 bits per heavy atom. The lowest BCUT2D eigenvalue weighted by atomic mass is 10.1. The summed E-state index contributed by atoms with van der Waals surface area (Å²) >= 11 is 3.46. The average Bonchev–Trinajstić information content (AvgIpc) is 2.33. The number of hydrogen-bond donors (Lipinski definition) is 2. The summed E-state index contributed by atoms with van der Waals surface area (Å²) in [5.74, 6) is -1.00. The van der Waals surface area contributed by atoms with Gasteiger partial charge in [-0.1, -0.05) is 28.9 Å². The molecular weight excluding hydrogens is 294 g/mol. The predicted octanol–water partition coefficient (Wildman–Crippen LogP) is 3.00. The van der Waals surface area contributed by atoms with E-state index in [1.54, 1.807) is 0 Å². The van der Waals surface area contributed by atoms with Gasteiger partial charge in [-0.05, 0) is 49.6 Å². The Labute approximate surface area is 117 Å². The van der Waals surface area contributed by atoms with E-state index in [1.165, 1.54) is 11.1 Å². The zero-order valence-electron chi connectivity index (χ0n) is 10.9. The lowest BCUT2D eigenvalue weighted by Crippen LogP contribution is -2.29. The van der Waals surface area contributed by atoms with Crippen LogP contribution in [-0.2, 0) is 11.2 Å². The van der Waals surface area contributed by atoms with Crippen molar-refractivity contribution in [3.8, 4) is 0 Å². The van der Waals surface area contributed by atoms with Gasteiger partial charge in [0.1, 0.15) is 0 Å². The van der Waals surface area contributed by atoms with E-state index in [0.29, 0.717) is 13.0 Å². The van der Waals surface area contributed by atoms with E-state index in [-0.39, 0.29) is 5.92 Å². The summed E-state index contributed by atoms with van der Waals surface area (Å²) < 4.78 is 1.08. The molecule has 0 saturated heterocycles.